The number of carbonyl (C=O) groups is 2. The van der Waals surface area contributed by atoms with E-state index in [4.69, 9.17) is 5.11 Å². The lowest BCUT2D eigenvalue weighted by Gasteiger charge is -2.36. The van der Waals surface area contributed by atoms with Crippen molar-refractivity contribution in [1.82, 2.24) is 9.80 Å². The summed E-state index contributed by atoms with van der Waals surface area (Å²) in [6.07, 6.45) is 2.38. The molecule has 0 radical (unpaired) electrons. The van der Waals surface area contributed by atoms with Gasteiger partial charge in [-0.1, -0.05) is 0 Å². The van der Waals surface area contributed by atoms with Gasteiger partial charge >= 0.3 is 12.0 Å². The zero-order valence-electron chi connectivity index (χ0n) is 11.3. The number of aliphatic hydroxyl groups excluding tert-OH is 1. The van der Waals surface area contributed by atoms with Crippen molar-refractivity contribution in [2.24, 2.45) is 11.8 Å². The van der Waals surface area contributed by atoms with E-state index < -0.39 is 11.9 Å². The molecule has 0 spiro atoms. The molecule has 2 fully saturated rings. The van der Waals surface area contributed by atoms with Gasteiger partial charge in [0.1, 0.15) is 0 Å². The zero-order chi connectivity index (χ0) is 14.0. The number of urea groups is 1. The van der Waals surface area contributed by atoms with Gasteiger partial charge in [-0.3, -0.25) is 4.79 Å². The second-order valence-electron chi connectivity index (χ2n) is 5.59. The third-order valence-electron chi connectivity index (χ3n) is 4.37. The molecule has 3 unspecified atom stereocenters. The molecule has 2 amide bonds. The van der Waals surface area contributed by atoms with Crippen LogP contribution < -0.4 is 0 Å². The summed E-state index contributed by atoms with van der Waals surface area (Å²) in [5.41, 5.74) is 0. The van der Waals surface area contributed by atoms with E-state index in [9.17, 15) is 14.7 Å². The number of carboxylic acids is 1. The fourth-order valence-corrected chi connectivity index (χ4v) is 3.11. The van der Waals surface area contributed by atoms with Crippen LogP contribution in [0.25, 0.3) is 0 Å². The first-order chi connectivity index (χ1) is 9.04. The molecule has 6 nitrogen and oxygen atoms in total. The lowest BCUT2D eigenvalue weighted by molar-refractivity contribution is -0.142. The number of hydrogen-bond donors (Lipinski definition) is 2. The molecule has 2 aliphatic rings. The maximum Gasteiger partial charge on any atom is 0.320 e. The summed E-state index contributed by atoms with van der Waals surface area (Å²) in [7, 11) is 0. The first-order valence-electron chi connectivity index (χ1n) is 6.93. The van der Waals surface area contributed by atoms with Crippen molar-refractivity contribution in [3.63, 3.8) is 0 Å². The Balaban J connectivity index is 1.98. The van der Waals surface area contributed by atoms with E-state index in [-0.39, 0.29) is 24.6 Å². The molecule has 2 N–H and O–H groups in total. The number of amides is 2. The highest BCUT2D eigenvalue weighted by molar-refractivity contribution is 5.78. The first-order valence-corrected chi connectivity index (χ1v) is 6.93. The van der Waals surface area contributed by atoms with Gasteiger partial charge in [-0.05, 0) is 32.1 Å². The molecule has 2 aliphatic heterocycles. The van der Waals surface area contributed by atoms with E-state index in [2.05, 4.69) is 0 Å². The molecule has 0 aromatic rings. The van der Waals surface area contributed by atoms with Crippen LogP contribution >= 0.6 is 0 Å². The molecule has 0 bridgehead atoms. The summed E-state index contributed by atoms with van der Waals surface area (Å²) >= 11 is 0. The van der Waals surface area contributed by atoms with Crippen molar-refractivity contribution in [3.05, 3.63) is 0 Å². The Morgan fingerprint density at radius 1 is 1.26 bits per heavy atom. The Bertz CT molecular complexity index is 361. The van der Waals surface area contributed by atoms with Gasteiger partial charge in [0, 0.05) is 32.3 Å². The minimum Gasteiger partial charge on any atom is -0.481 e. The van der Waals surface area contributed by atoms with Crippen molar-refractivity contribution in [1.29, 1.82) is 0 Å². The molecule has 2 heterocycles. The van der Waals surface area contributed by atoms with Gasteiger partial charge in [0.25, 0.3) is 0 Å². The Kier molecular flexibility index (Phi) is 4.29. The minimum atomic E-state index is -0.824. The molecular formula is C13H22N2O4. The summed E-state index contributed by atoms with van der Waals surface area (Å²) in [6.45, 7) is 3.71. The predicted molar refractivity (Wildman–Crippen MR) is 68.7 cm³/mol. The predicted octanol–water partition coefficient (Wildman–Crippen LogP) is 0.606. The van der Waals surface area contributed by atoms with Gasteiger partial charge < -0.3 is 20.0 Å². The Morgan fingerprint density at radius 2 is 2.00 bits per heavy atom. The summed E-state index contributed by atoms with van der Waals surface area (Å²) in [4.78, 5) is 26.9. The van der Waals surface area contributed by atoms with Gasteiger partial charge in [0.15, 0.2) is 0 Å². The number of carbonyl (C=O) groups excluding carboxylic acids is 1. The number of piperidine rings is 1. The number of likely N-dealkylation sites (tertiary alicyclic amines) is 2. The van der Waals surface area contributed by atoms with Crippen LogP contribution in [-0.4, -0.2) is 64.3 Å². The minimum absolute atomic E-state index is 0.0746. The summed E-state index contributed by atoms with van der Waals surface area (Å²) < 4.78 is 0. The van der Waals surface area contributed by atoms with Gasteiger partial charge in [-0.2, -0.15) is 0 Å². The number of carboxylic acid groups (broad SMARTS) is 1. The third-order valence-corrected chi connectivity index (χ3v) is 4.37. The number of aliphatic carboxylic acids is 1. The molecule has 2 rings (SSSR count). The lowest BCUT2D eigenvalue weighted by Crippen LogP contribution is -2.50. The SMILES string of the molecule is CC1C(C(=O)O)CCN1C(=O)N1CCCC(CO)C1. The number of hydrogen-bond acceptors (Lipinski definition) is 3. The van der Waals surface area contributed by atoms with Crippen LogP contribution in [0.4, 0.5) is 4.79 Å². The van der Waals surface area contributed by atoms with E-state index in [1.807, 2.05) is 0 Å². The van der Waals surface area contributed by atoms with Gasteiger partial charge in [0.05, 0.1) is 5.92 Å². The van der Waals surface area contributed by atoms with Gasteiger partial charge in [-0.15, -0.1) is 0 Å². The number of nitrogens with zero attached hydrogens (tertiary/aromatic N) is 2. The largest absolute Gasteiger partial charge is 0.481 e. The topological polar surface area (TPSA) is 81.1 Å². The van der Waals surface area contributed by atoms with Crippen molar-refractivity contribution in [2.45, 2.75) is 32.2 Å². The van der Waals surface area contributed by atoms with Crippen LogP contribution in [0.1, 0.15) is 26.2 Å². The van der Waals surface area contributed by atoms with Crippen molar-refractivity contribution in [3.8, 4) is 0 Å². The molecular weight excluding hydrogens is 248 g/mol. The normalized spacial score (nSPS) is 31.6. The van der Waals surface area contributed by atoms with Gasteiger partial charge in [0.2, 0.25) is 0 Å². The van der Waals surface area contributed by atoms with Crippen LogP contribution in [0.3, 0.4) is 0 Å². The highest BCUT2D eigenvalue weighted by atomic mass is 16.4. The summed E-state index contributed by atoms with van der Waals surface area (Å²) in [5.74, 6) is -1.12. The standard InChI is InChI=1S/C13H22N2O4/c1-9-11(12(17)18)4-6-15(9)13(19)14-5-2-3-10(7-14)8-16/h9-11,16H,2-8H2,1H3,(H,17,18). The molecule has 108 valence electrons. The second kappa shape index (κ2) is 5.77. The van der Waals surface area contributed by atoms with Gasteiger partial charge in [-0.25, -0.2) is 4.79 Å². The van der Waals surface area contributed by atoms with Crippen LogP contribution in [0.15, 0.2) is 0 Å². The molecule has 2 saturated heterocycles. The maximum absolute atomic E-state index is 12.4. The van der Waals surface area contributed by atoms with Crippen molar-refractivity contribution in [2.75, 3.05) is 26.2 Å². The van der Waals surface area contributed by atoms with E-state index in [1.54, 1.807) is 16.7 Å². The Morgan fingerprint density at radius 3 is 2.58 bits per heavy atom. The fourth-order valence-electron chi connectivity index (χ4n) is 3.11. The molecule has 19 heavy (non-hydrogen) atoms. The lowest BCUT2D eigenvalue weighted by atomic mass is 9.99. The van der Waals surface area contributed by atoms with E-state index >= 15 is 0 Å². The van der Waals surface area contributed by atoms with Crippen LogP contribution in [0.5, 0.6) is 0 Å². The number of aliphatic hydroxyl groups is 1. The van der Waals surface area contributed by atoms with Crippen LogP contribution in [-0.2, 0) is 4.79 Å². The zero-order valence-corrected chi connectivity index (χ0v) is 11.3. The smallest absolute Gasteiger partial charge is 0.320 e. The van der Waals surface area contributed by atoms with E-state index in [1.165, 1.54) is 0 Å². The van der Waals surface area contributed by atoms with Crippen molar-refractivity contribution < 1.29 is 19.8 Å². The maximum atomic E-state index is 12.4. The molecule has 0 aromatic heterocycles. The highest BCUT2D eigenvalue weighted by Gasteiger charge is 2.40. The number of rotatable bonds is 2. The Hall–Kier alpha value is -1.30. The van der Waals surface area contributed by atoms with E-state index in [0.29, 0.717) is 26.1 Å². The fraction of sp³-hybridized carbons (Fsp3) is 0.846. The average Bonchev–Trinajstić information content (AvgIpc) is 2.80. The van der Waals surface area contributed by atoms with Crippen molar-refractivity contribution >= 4 is 12.0 Å². The molecule has 0 saturated carbocycles. The quantitative estimate of drug-likeness (QED) is 0.770. The van der Waals surface area contributed by atoms with Crippen LogP contribution in [0.2, 0.25) is 0 Å². The molecule has 0 aromatic carbocycles. The monoisotopic (exact) mass is 270 g/mol. The molecule has 6 heteroatoms. The average molecular weight is 270 g/mol. The highest BCUT2D eigenvalue weighted by Crippen LogP contribution is 2.27. The third kappa shape index (κ3) is 2.83. The molecule has 3 atom stereocenters. The summed E-state index contributed by atoms with van der Waals surface area (Å²) in [6, 6.07) is -0.325. The van der Waals surface area contributed by atoms with Crippen LogP contribution in [0, 0.1) is 11.8 Å². The molecule has 0 aliphatic carbocycles. The first kappa shape index (κ1) is 14.1. The second-order valence-corrected chi connectivity index (χ2v) is 5.59. The van der Waals surface area contributed by atoms with E-state index in [0.717, 1.165) is 12.8 Å². The Labute approximate surface area is 113 Å². The summed E-state index contributed by atoms with van der Waals surface area (Å²) in [5, 5.41) is 18.3.